The van der Waals surface area contributed by atoms with Crippen LogP contribution in [0.1, 0.15) is 37.5 Å². The van der Waals surface area contributed by atoms with Gasteiger partial charge >= 0.3 is 6.09 Å². The van der Waals surface area contributed by atoms with Crippen LogP contribution in [0.15, 0.2) is 22.5 Å². The fourth-order valence-electron chi connectivity index (χ4n) is 4.13. The van der Waals surface area contributed by atoms with Gasteiger partial charge in [0, 0.05) is 50.7 Å². The fourth-order valence-corrected chi connectivity index (χ4v) is 4.88. The van der Waals surface area contributed by atoms with Gasteiger partial charge in [0.15, 0.2) is 5.96 Å². The smallest absolute Gasteiger partial charge is 0.409 e. The second kappa shape index (κ2) is 13.4. The van der Waals surface area contributed by atoms with Crippen LogP contribution in [0.25, 0.3) is 0 Å². The number of likely N-dealkylation sites (tertiary alicyclic amines) is 2. The molecule has 1 aromatic rings. The molecule has 2 aliphatic rings. The zero-order chi connectivity index (χ0) is 20.5. The zero-order valence-electron chi connectivity index (χ0n) is 18.1. The maximum atomic E-state index is 11.8. The Morgan fingerprint density at radius 1 is 1.30 bits per heavy atom. The molecule has 30 heavy (non-hydrogen) atoms. The largest absolute Gasteiger partial charge is 0.450 e. The standard InChI is InChI=1S/C21H35N5O2S.HI/c1-3-28-21(27)26-11-8-18(9-12-26)24-20(22-2)23-14-17-6-4-10-25(15-17)16-19-7-5-13-29-19;/h5,7,13,17-18H,3-4,6,8-12,14-16H2,1-2H3,(H2,22,23,24);1H. The number of halogens is 1. The van der Waals surface area contributed by atoms with Crippen LogP contribution in [0.4, 0.5) is 4.79 Å². The third-order valence-corrected chi connectivity index (χ3v) is 6.57. The van der Waals surface area contributed by atoms with E-state index in [2.05, 4.69) is 38.0 Å². The molecule has 2 fully saturated rings. The quantitative estimate of drug-likeness (QED) is 0.324. The van der Waals surface area contributed by atoms with E-state index >= 15 is 0 Å². The number of aliphatic imine (C=N–C) groups is 1. The molecule has 7 nitrogen and oxygen atoms in total. The number of hydrogen-bond donors (Lipinski definition) is 2. The predicted octanol–water partition coefficient (Wildman–Crippen LogP) is 3.36. The van der Waals surface area contributed by atoms with Gasteiger partial charge in [0.2, 0.25) is 0 Å². The minimum atomic E-state index is -0.196. The summed E-state index contributed by atoms with van der Waals surface area (Å²) in [6.07, 6.45) is 4.16. The number of nitrogens with one attached hydrogen (secondary N) is 2. The third-order valence-electron chi connectivity index (χ3n) is 5.71. The van der Waals surface area contributed by atoms with Gasteiger partial charge in [0.05, 0.1) is 6.61 Å². The molecule has 0 aromatic carbocycles. The third kappa shape index (κ3) is 7.88. The highest BCUT2D eigenvalue weighted by Gasteiger charge is 2.25. The molecule has 2 N–H and O–H groups in total. The SMILES string of the molecule is CCOC(=O)N1CCC(NC(=NC)NCC2CCCN(Cc3cccs3)C2)CC1.I. The molecule has 1 atom stereocenters. The predicted molar refractivity (Wildman–Crippen MR) is 134 cm³/mol. The van der Waals surface area contributed by atoms with Gasteiger partial charge in [-0.1, -0.05) is 6.07 Å². The van der Waals surface area contributed by atoms with Crippen LogP contribution in [-0.2, 0) is 11.3 Å². The molecule has 170 valence electrons. The van der Waals surface area contributed by atoms with Crippen molar-refractivity contribution in [3.8, 4) is 0 Å². The Morgan fingerprint density at radius 3 is 2.77 bits per heavy atom. The Labute approximate surface area is 201 Å². The van der Waals surface area contributed by atoms with Gasteiger partial charge in [-0.25, -0.2) is 4.79 Å². The molecular formula is C21H36IN5O2S. The van der Waals surface area contributed by atoms with Crippen molar-refractivity contribution in [1.29, 1.82) is 0 Å². The lowest BCUT2D eigenvalue weighted by atomic mass is 9.98. The van der Waals surface area contributed by atoms with Crippen molar-refractivity contribution in [2.45, 2.75) is 45.2 Å². The van der Waals surface area contributed by atoms with Crippen LogP contribution in [0.2, 0.25) is 0 Å². The first-order valence-electron chi connectivity index (χ1n) is 10.8. The van der Waals surface area contributed by atoms with Crippen molar-refractivity contribution in [2.75, 3.05) is 46.4 Å². The molecule has 3 rings (SSSR count). The van der Waals surface area contributed by atoms with E-state index < -0.39 is 0 Å². The number of ether oxygens (including phenoxy) is 1. The average molecular weight is 550 g/mol. The molecule has 0 saturated carbocycles. The van der Waals surface area contributed by atoms with E-state index in [1.807, 2.05) is 25.3 Å². The van der Waals surface area contributed by atoms with E-state index in [1.165, 1.54) is 24.3 Å². The first kappa shape index (κ1) is 25.2. The van der Waals surface area contributed by atoms with E-state index in [1.54, 1.807) is 4.90 Å². The van der Waals surface area contributed by atoms with Gasteiger partial charge in [-0.15, -0.1) is 35.3 Å². The molecule has 1 amide bonds. The highest BCUT2D eigenvalue weighted by molar-refractivity contribution is 14.0. The number of thiophene rings is 1. The molecule has 3 heterocycles. The molecule has 2 saturated heterocycles. The van der Waals surface area contributed by atoms with Crippen molar-refractivity contribution in [1.82, 2.24) is 20.4 Å². The van der Waals surface area contributed by atoms with E-state index in [0.29, 0.717) is 18.6 Å². The summed E-state index contributed by atoms with van der Waals surface area (Å²) in [6.45, 7) is 8.08. The number of hydrogen-bond acceptors (Lipinski definition) is 5. The van der Waals surface area contributed by atoms with E-state index in [4.69, 9.17) is 4.74 Å². The van der Waals surface area contributed by atoms with Crippen LogP contribution < -0.4 is 10.6 Å². The summed E-state index contributed by atoms with van der Waals surface area (Å²) in [7, 11) is 1.83. The van der Waals surface area contributed by atoms with Gasteiger partial charge in [-0.2, -0.15) is 0 Å². The zero-order valence-corrected chi connectivity index (χ0v) is 21.3. The molecule has 0 aliphatic carbocycles. The summed E-state index contributed by atoms with van der Waals surface area (Å²) >= 11 is 1.84. The monoisotopic (exact) mass is 549 g/mol. The Morgan fingerprint density at radius 2 is 2.10 bits per heavy atom. The van der Waals surface area contributed by atoms with Crippen molar-refractivity contribution in [2.24, 2.45) is 10.9 Å². The molecule has 1 unspecified atom stereocenters. The van der Waals surface area contributed by atoms with Crippen molar-refractivity contribution in [3.63, 3.8) is 0 Å². The molecule has 0 bridgehead atoms. The van der Waals surface area contributed by atoms with E-state index in [9.17, 15) is 4.79 Å². The Kier molecular flexibility index (Phi) is 11.2. The summed E-state index contributed by atoms with van der Waals surface area (Å²) < 4.78 is 5.09. The van der Waals surface area contributed by atoms with Gasteiger partial charge < -0.3 is 20.3 Å². The second-order valence-corrected chi connectivity index (χ2v) is 8.91. The van der Waals surface area contributed by atoms with Crippen LogP contribution in [-0.4, -0.2) is 74.3 Å². The normalized spacial score (nSPS) is 21.1. The number of piperidine rings is 2. The summed E-state index contributed by atoms with van der Waals surface area (Å²) in [5.41, 5.74) is 0. The number of carbonyl (C=O) groups excluding carboxylic acids is 1. The first-order chi connectivity index (χ1) is 14.2. The lowest BCUT2D eigenvalue weighted by molar-refractivity contribution is 0.0963. The van der Waals surface area contributed by atoms with Gasteiger partial charge in [0.25, 0.3) is 0 Å². The molecule has 0 spiro atoms. The number of guanidine groups is 1. The van der Waals surface area contributed by atoms with Gasteiger partial charge in [-0.3, -0.25) is 9.89 Å². The Bertz CT molecular complexity index is 650. The molecule has 1 aromatic heterocycles. The number of amides is 1. The van der Waals surface area contributed by atoms with Crippen LogP contribution in [0, 0.1) is 5.92 Å². The number of carbonyl (C=O) groups is 1. The maximum Gasteiger partial charge on any atom is 0.409 e. The van der Waals surface area contributed by atoms with E-state index in [-0.39, 0.29) is 30.1 Å². The van der Waals surface area contributed by atoms with Gasteiger partial charge in [0.1, 0.15) is 0 Å². The minimum absolute atomic E-state index is 0. The average Bonchev–Trinajstić information content (AvgIpc) is 3.25. The van der Waals surface area contributed by atoms with Crippen molar-refractivity contribution >= 4 is 47.4 Å². The lowest BCUT2D eigenvalue weighted by Crippen LogP contribution is -2.51. The van der Waals surface area contributed by atoms with Gasteiger partial charge in [-0.05, 0) is 56.5 Å². The summed E-state index contributed by atoms with van der Waals surface area (Å²) in [5.74, 6) is 1.52. The highest BCUT2D eigenvalue weighted by atomic mass is 127. The summed E-state index contributed by atoms with van der Waals surface area (Å²) in [5, 5.41) is 9.22. The molecule has 2 aliphatic heterocycles. The first-order valence-corrected chi connectivity index (χ1v) is 11.7. The topological polar surface area (TPSA) is 69.2 Å². The van der Waals surface area contributed by atoms with E-state index in [0.717, 1.165) is 51.5 Å². The maximum absolute atomic E-state index is 11.8. The molecular weight excluding hydrogens is 513 g/mol. The summed E-state index contributed by atoms with van der Waals surface area (Å²) in [6, 6.07) is 4.70. The molecule has 9 heteroatoms. The number of nitrogens with zero attached hydrogens (tertiary/aromatic N) is 3. The number of rotatable bonds is 6. The summed E-state index contributed by atoms with van der Waals surface area (Å²) in [4.78, 5) is 22.1. The van der Waals surface area contributed by atoms with Crippen LogP contribution in [0.5, 0.6) is 0 Å². The van der Waals surface area contributed by atoms with Crippen molar-refractivity contribution in [3.05, 3.63) is 22.4 Å². The van der Waals surface area contributed by atoms with Crippen LogP contribution in [0.3, 0.4) is 0 Å². The Balaban J connectivity index is 0.00000320. The Hall–Kier alpha value is -1.07. The van der Waals surface area contributed by atoms with Crippen molar-refractivity contribution < 1.29 is 9.53 Å². The fraction of sp³-hybridized carbons (Fsp3) is 0.714. The lowest BCUT2D eigenvalue weighted by Gasteiger charge is -2.34. The van der Waals surface area contributed by atoms with Crippen LogP contribution >= 0.6 is 35.3 Å². The minimum Gasteiger partial charge on any atom is -0.450 e. The highest BCUT2D eigenvalue weighted by Crippen LogP contribution is 2.20. The molecule has 0 radical (unpaired) electrons. The second-order valence-electron chi connectivity index (χ2n) is 7.88.